The number of amides is 1. The number of hydrogen-bond acceptors (Lipinski definition) is 5. The number of benzene rings is 2. The van der Waals surface area contributed by atoms with Crippen LogP contribution in [0.5, 0.6) is 0 Å². The summed E-state index contributed by atoms with van der Waals surface area (Å²) in [7, 11) is -3.53. The van der Waals surface area contributed by atoms with Crippen LogP contribution in [0.2, 0.25) is 0 Å². The van der Waals surface area contributed by atoms with Crippen molar-refractivity contribution >= 4 is 15.9 Å². The highest BCUT2D eigenvalue weighted by molar-refractivity contribution is 7.89. The molecule has 1 amide bonds. The number of rotatable bonds is 4. The molecule has 0 atom stereocenters. The Morgan fingerprint density at radius 2 is 1.54 bits per heavy atom. The quantitative estimate of drug-likeness (QED) is 0.664. The van der Waals surface area contributed by atoms with Gasteiger partial charge in [0.05, 0.1) is 4.90 Å². The smallest absolute Gasteiger partial charge is 0.254 e. The highest BCUT2D eigenvalue weighted by atomic mass is 32.2. The van der Waals surface area contributed by atoms with Crippen LogP contribution in [0.25, 0.3) is 5.69 Å². The van der Waals surface area contributed by atoms with Crippen molar-refractivity contribution in [1.29, 1.82) is 0 Å². The SMILES string of the molecule is O=C(c1cccc(-n2cnnc2)c1)N1CCN(S(=O)(=O)c2ccccc2)CC1. The van der Waals surface area contributed by atoms with Crippen molar-refractivity contribution < 1.29 is 13.2 Å². The van der Waals surface area contributed by atoms with Crippen molar-refractivity contribution in [3.05, 3.63) is 72.8 Å². The van der Waals surface area contributed by atoms with Gasteiger partial charge in [-0.3, -0.25) is 9.36 Å². The second-order valence-corrected chi connectivity index (χ2v) is 8.37. The molecule has 8 nitrogen and oxygen atoms in total. The van der Waals surface area contributed by atoms with Crippen molar-refractivity contribution in [1.82, 2.24) is 24.0 Å². The number of aromatic nitrogens is 3. The molecule has 2 aromatic carbocycles. The van der Waals surface area contributed by atoms with Gasteiger partial charge in [0.25, 0.3) is 5.91 Å². The van der Waals surface area contributed by atoms with Crippen molar-refractivity contribution in [2.45, 2.75) is 4.90 Å². The summed E-state index contributed by atoms with van der Waals surface area (Å²) in [5.74, 6) is -0.119. The molecule has 0 spiro atoms. The lowest BCUT2D eigenvalue weighted by atomic mass is 10.1. The van der Waals surface area contributed by atoms with E-state index in [-0.39, 0.29) is 23.9 Å². The second-order valence-electron chi connectivity index (χ2n) is 6.43. The molecule has 1 aromatic heterocycles. The van der Waals surface area contributed by atoms with Crippen LogP contribution >= 0.6 is 0 Å². The Labute approximate surface area is 163 Å². The fourth-order valence-corrected chi connectivity index (χ4v) is 4.63. The summed E-state index contributed by atoms with van der Waals surface area (Å²) in [6.45, 7) is 1.24. The van der Waals surface area contributed by atoms with E-state index in [1.807, 2.05) is 6.07 Å². The van der Waals surface area contributed by atoms with Gasteiger partial charge in [-0.1, -0.05) is 24.3 Å². The minimum Gasteiger partial charge on any atom is -0.336 e. The van der Waals surface area contributed by atoms with Gasteiger partial charge in [-0.05, 0) is 30.3 Å². The lowest BCUT2D eigenvalue weighted by Gasteiger charge is -2.34. The Kier molecular flexibility index (Phi) is 4.93. The van der Waals surface area contributed by atoms with Crippen LogP contribution in [0.3, 0.4) is 0 Å². The number of carbonyl (C=O) groups is 1. The first-order chi connectivity index (χ1) is 13.6. The number of hydrogen-bond donors (Lipinski definition) is 0. The van der Waals surface area contributed by atoms with Gasteiger partial charge in [-0.2, -0.15) is 4.31 Å². The van der Waals surface area contributed by atoms with Crippen molar-refractivity contribution in [3.8, 4) is 5.69 Å². The number of carbonyl (C=O) groups excluding carboxylic acids is 1. The molecule has 1 saturated heterocycles. The molecule has 4 rings (SSSR count). The maximum atomic E-state index is 12.9. The summed E-state index contributed by atoms with van der Waals surface area (Å²) in [6.07, 6.45) is 3.13. The first-order valence-corrected chi connectivity index (χ1v) is 10.3. The van der Waals surface area contributed by atoms with Gasteiger partial charge in [-0.15, -0.1) is 10.2 Å². The Balaban J connectivity index is 1.46. The third-order valence-corrected chi connectivity index (χ3v) is 6.63. The van der Waals surface area contributed by atoms with Crippen LogP contribution in [0.1, 0.15) is 10.4 Å². The standard InChI is InChI=1S/C19H19N5O3S/c25-19(16-5-4-6-17(13-16)23-14-20-21-15-23)22-9-11-24(12-10-22)28(26,27)18-7-2-1-3-8-18/h1-8,13-15H,9-12H2. The van der Waals surface area contributed by atoms with Gasteiger partial charge in [0.15, 0.2) is 0 Å². The van der Waals surface area contributed by atoms with E-state index in [9.17, 15) is 13.2 Å². The minimum atomic E-state index is -3.53. The maximum Gasteiger partial charge on any atom is 0.254 e. The molecule has 3 aromatic rings. The zero-order valence-electron chi connectivity index (χ0n) is 15.0. The van der Waals surface area contributed by atoms with E-state index in [0.29, 0.717) is 18.7 Å². The monoisotopic (exact) mass is 397 g/mol. The van der Waals surface area contributed by atoms with E-state index in [1.54, 1.807) is 70.7 Å². The van der Waals surface area contributed by atoms with E-state index in [4.69, 9.17) is 0 Å². The van der Waals surface area contributed by atoms with Crippen LogP contribution in [-0.2, 0) is 10.0 Å². The van der Waals surface area contributed by atoms with Crippen molar-refractivity contribution in [3.63, 3.8) is 0 Å². The zero-order chi connectivity index (χ0) is 19.6. The maximum absolute atomic E-state index is 12.9. The van der Waals surface area contributed by atoms with Gasteiger partial charge in [0.2, 0.25) is 10.0 Å². The molecule has 9 heteroatoms. The minimum absolute atomic E-state index is 0.119. The molecular weight excluding hydrogens is 378 g/mol. The molecule has 0 radical (unpaired) electrons. The van der Waals surface area contributed by atoms with Gasteiger partial charge >= 0.3 is 0 Å². The molecule has 28 heavy (non-hydrogen) atoms. The Hall–Kier alpha value is -3.04. The van der Waals surface area contributed by atoms with Crippen LogP contribution in [0.15, 0.2) is 72.1 Å². The average Bonchev–Trinajstić information content (AvgIpc) is 3.29. The third-order valence-electron chi connectivity index (χ3n) is 4.72. The molecule has 0 aliphatic carbocycles. The van der Waals surface area contributed by atoms with Crippen LogP contribution < -0.4 is 0 Å². The average molecular weight is 397 g/mol. The Bertz CT molecular complexity index is 1060. The molecule has 1 fully saturated rings. The van der Waals surface area contributed by atoms with Crippen molar-refractivity contribution in [2.24, 2.45) is 0 Å². The predicted octanol–water partition coefficient (Wildman–Crippen LogP) is 1.41. The van der Waals surface area contributed by atoms with E-state index in [1.165, 1.54) is 4.31 Å². The molecule has 0 N–H and O–H groups in total. The van der Waals surface area contributed by atoms with Crippen LogP contribution in [0.4, 0.5) is 0 Å². The van der Waals surface area contributed by atoms with Crippen LogP contribution in [-0.4, -0.2) is 64.5 Å². The van der Waals surface area contributed by atoms with Gasteiger partial charge in [0, 0.05) is 37.4 Å². The lowest BCUT2D eigenvalue weighted by Crippen LogP contribution is -2.50. The summed E-state index contributed by atoms with van der Waals surface area (Å²) >= 11 is 0. The Morgan fingerprint density at radius 1 is 0.857 bits per heavy atom. The molecule has 0 bridgehead atoms. The normalized spacial score (nSPS) is 15.5. The van der Waals surface area contributed by atoms with Gasteiger partial charge in [0.1, 0.15) is 12.7 Å². The fraction of sp³-hybridized carbons (Fsp3) is 0.211. The zero-order valence-corrected chi connectivity index (χ0v) is 15.9. The highest BCUT2D eigenvalue weighted by Crippen LogP contribution is 2.19. The summed E-state index contributed by atoms with van der Waals surface area (Å²) in [4.78, 5) is 14.8. The van der Waals surface area contributed by atoms with E-state index >= 15 is 0 Å². The molecular formula is C19H19N5O3S. The van der Waals surface area contributed by atoms with E-state index < -0.39 is 10.0 Å². The number of piperazine rings is 1. The molecule has 0 saturated carbocycles. The van der Waals surface area contributed by atoms with Gasteiger partial charge < -0.3 is 4.90 Å². The lowest BCUT2D eigenvalue weighted by molar-refractivity contribution is 0.0698. The first-order valence-electron chi connectivity index (χ1n) is 8.85. The summed E-state index contributed by atoms with van der Waals surface area (Å²) in [5.41, 5.74) is 1.34. The van der Waals surface area contributed by atoms with Gasteiger partial charge in [-0.25, -0.2) is 8.42 Å². The van der Waals surface area contributed by atoms with Crippen molar-refractivity contribution in [2.75, 3.05) is 26.2 Å². The molecule has 2 heterocycles. The third kappa shape index (κ3) is 3.54. The Morgan fingerprint density at radius 3 is 2.21 bits per heavy atom. The largest absolute Gasteiger partial charge is 0.336 e. The molecule has 1 aliphatic rings. The number of nitrogens with zero attached hydrogens (tertiary/aromatic N) is 5. The first kappa shape index (κ1) is 18.3. The highest BCUT2D eigenvalue weighted by Gasteiger charge is 2.30. The van der Waals surface area contributed by atoms with E-state index in [0.717, 1.165) is 5.69 Å². The summed E-state index contributed by atoms with van der Waals surface area (Å²) in [5, 5.41) is 7.55. The summed E-state index contributed by atoms with van der Waals surface area (Å²) in [6, 6.07) is 15.6. The number of sulfonamides is 1. The molecule has 1 aliphatic heterocycles. The predicted molar refractivity (Wildman–Crippen MR) is 102 cm³/mol. The topological polar surface area (TPSA) is 88.4 Å². The van der Waals surface area contributed by atoms with Crippen LogP contribution in [0, 0.1) is 0 Å². The molecule has 0 unspecified atom stereocenters. The fourth-order valence-electron chi connectivity index (χ4n) is 3.19. The molecule has 144 valence electrons. The second kappa shape index (κ2) is 7.53. The summed E-state index contributed by atoms with van der Waals surface area (Å²) < 4.78 is 28.6. The van der Waals surface area contributed by atoms with E-state index in [2.05, 4.69) is 10.2 Å².